The second kappa shape index (κ2) is 6.64. The smallest absolute Gasteiger partial charge is 0.330 e. The van der Waals surface area contributed by atoms with E-state index in [0.717, 1.165) is 7.11 Å². The molecule has 1 aromatic rings. The zero-order valence-corrected chi connectivity index (χ0v) is 12.0. The van der Waals surface area contributed by atoms with Crippen LogP contribution >= 0.6 is 11.6 Å². The highest BCUT2D eigenvalue weighted by Crippen LogP contribution is 2.38. The number of ether oxygens (including phenoxy) is 3. The van der Waals surface area contributed by atoms with Gasteiger partial charge >= 0.3 is 5.97 Å². The Morgan fingerprint density at radius 2 is 2.14 bits per heavy atom. The predicted molar refractivity (Wildman–Crippen MR) is 72.8 cm³/mol. The van der Waals surface area contributed by atoms with Crippen LogP contribution in [0.1, 0.15) is 10.4 Å². The number of hydrogen-bond donors (Lipinski definition) is 2. The van der Waals surface area contributed by atoms with Crippen LogP contribution in [0.3, 0.4) is 0 Å². The van der Waals surface area contributed by atoms with Crippen molar-refractivity contribution in [1.82, 2.24) is 5.32 Å². The Labute approximate surface area is 125 Å². The van der Waals surface area contributed by atoms with Crippen molar-refractivity contribution in [2.45, 2.75) is 6.04 Å². The number of methoxy groups -OCH3 is 1. The summed E-state index contributed by atoms with van der Waals surface area (Å²) in [5.41, 5.74) is 0.187. The lowest BCUT2D eigenvalue weighted by molar-refractivity contribution is -0.143. The van der Waals surface area contributed by atoms with E-state index in [4.69, 9.17) is 26.2 Å². The quantitative estimate of drug-likeness (QED) is 0.780. The molecule has 2 rings (SSSR count). The second-order valence-electron chi connectivity index (χ2n) is 4.21. The van der Waals surface area contributed by atoms with E-state index in [-0.39, 0.29) is 10.6 Å². The molecule has 1 heterocycles. The molecule has 21 heavy (non-hydrogen) atoms. The van der Waals surface area contributed by atoms with Gasteiger partial charge in [-0.2, -0.15) is 0 Å². The molecule has 0 fully saturated rings. The van der Waals surface area contributed by atoms with Crippen molar-refractivity contribution in [2.24, 2.45) is 0 Å². The van der Waals surface area contributed by atoms with Crippen LogP contribution in [0, 0.1) is 0 Å². The number of fused-ring (bicyclic) bond motifs is 1. The number of hydrogen-bond acceptors (Lipinski definition) is 6. The van der Waals surface area contributed by atoms with E-state index in [0.29, 0.717) is 24.7 Å². The van der Waals surface area contributed by atoms with Gasteiger partial charge in [0, 0.05) is 5.56 Å². The standard InChI is InChI=1S/C13H14ClNO6/c1-19-13(18)9(6-16)15-12(17)7-4-8(14)11-10(5-7)20-2-3-21-11/h4-5,9,16H,2-3,6H2,1H3,(H,15,17). The van der Waals surface area contributed by atoms with Crippen LogP contribution in [0.4, 0.5) is 0 Å². The average Bonchev–Trinajstić information content (AvgIpc) is 2.51. The molecule has 8 heteroatoms. The number of carbonyl (C=O) groups is 2. The SMILES string of the molecule is COC(=O)C(CO)NC(=O)c1cc(Cl)c2c(c1)OCCO2. The summed E-state index contributed by atoms with van der Waals surface area (Å²) in [6, 6.07) is 1.71. The molecule has 0 aromatic heterocycles. The maximum atomic E-state index is 12.1. The van der Waals surface area contributed by atoms with Crippen molar-refractivity contribution in [3.8, 4) is 11.5 Å². The van der Waals surface area contributed by atoms with Gasteiger partial charge in [-0.25, -0.2) is 4.79 Å². The number of carbonyl (C=O) groups excluding carboxylic acids is 2. The van der Waals surface area contributed by atoms with Gasteiger partial charge in [0.05, 0.1) is 18.7 Å². The molecule has 7 nitrogen and oxygen atoms in total. The van der Waals surface area contributed by atoms with E-state index in [1.807, 2.05) is 0 Å². The van der Waals surface area contributed by atoms with Gasteiger partial charge in [0.2, 0.25) is 0 Å². The highest BCUT2D eigenvalue weighted by Gasteiger charge is 2.24. The molecule has 0 bridgehead atoms. The van der Waals surface area contributed by atoms with E-state index < -0.39 is 24.5 Å². The molecule has 1 atom stereocenters. The molecule has 1 aromatic carbocycles. The van der Waals surface area contributed by atoms with Crippen LogP contribution in [-0.4, -0.2) is 50.0 Å². The number of amides is 1. The first-order valence-corrected chi connectivity index (χ1v) is 6.53. The van der Waals surface area contributed by atoms with E-state index >= 15 is 0 Å². The number of benzene rings is 1. The van der Waals surface area contributed by atoms with Gasteiger partial charge in [-0.15, -0.1) is 0 Å². The van der Waals surface area contributed by atoms with Crippen LogP contribution in [-0.2, 0) is 9.53 Å². The number of nitrogens with one attached hydrogen (secondary N) is 1. The summed E-state index contributed by atoms with van der Waals surface area (Å²) >= 11 is 6.03. The highest BCUT2D eigenvalue weighted by molar-refractivity contribution is 6.32. The van der Waals surface area contributed by atoms with Gasteiger partial charge in [-0.3, -0.25) is 4.79 Å². The Balaban J connectivity index is 2.19. The predicted octanol–water partition coefficient (Wildman–Crippen LogP) is 0.375. The van der Waals surface area contributed by atoms with Crippen molar-refractivity contribution in [1.29, 1.82) is 0 Å². The third-order valence-electron chi connectivity index (χ3n) is 2.83. The van der Waals surface area contributed by atoms with Gasteiger partial charge in [0.1, 0.15) is 13.2 Å². The van der Waals surface area contributed by atoms with E-state index in [1.54, 1.807) is 0 Å². The molecule has 1 aliphatic heterocycles. The summed E-state index contributed by atoms with van der Waals surface area (Å²) in [6.45, 7) is 0.166. The van der Waals surface area contributed by atoms with Gasteiger partial charge in [-0.05, 0) is 12.1 Å². The molecular weight excluding hydrogens is 302 g/mol. The van der Waals surface area contributed by atoms with E-state index in [2.05, 4.69) is 10.1 Å². The molecule has 1 unspecified atom stereocenters. The molecule has 0 aliphatic carbocycles. The normalized spacial score (nSPS) is 14.2. The van der Waals surface area contributed by atoms with Crippen LogP contribution in [0.25, 0.3) is 0 Å². The van der Waals surface area contributed by atoms with Crippen LogP contribution in [0.15, 0.2) is 12.1 Å². The monoisotopic (exact) mass is 315 g/mol. The third kappa shape index (κ3) is 3.37. The maximum Gasteiger partial charge on any atom is 0.330 e. The molecule has 114 valence electrons. The number of esters is 1. The molecular formula is C13H14ClNO6. The Kier molecular flexibility index (Phi) is 4.87. The molecule has 2 N–H and O–H groups in total. The Morgan fingerprint density at radius 3 is 2.81 bits per heavy atom. The van der Waals surface area contributed by atoms with E-state index in [9.17, 15) is 9.59 Å². The summed E-state index contributed by atoms with van der Waals surface area (Å²) in [5.74, 6) is -0.587. The Hall–Kier alpha value is -1.99. The van der Waals surface area contributed by atoms with Crippen LogP contribution < -0.4 is 14.8 Å². The first-order chi connectivity index (χ1) is 10.1. The van der Waals surface area contributed by atoms with Crippen molar-refractivity contribution >= 4 is 23.5 Å². The number of halogens is 1. The second-order valence-corrected chi connectivity index (χ2v) is 4.62. The number of aliphatic hydroxyl groups excluding tert-OH is 1. The molecule has 0 saturated heterocycles. The maximum absolute atomic E-state index is 12.1. The first kappa shape index (κ1) is 15.4. The summed E-state index contributed by atoms with van der Waals surface area (Å²) in [6.07, 6.45) is 0. The van der Waals surface area contributed by atoms with Crippen molar-refractivity contribution < 1.29 is 28.9 Å². The fraction of sp³-hybridized carbons (Fsp3) is 0.385. The Bertz CT molecular complexity index is 562. The summed E-state index contributed by atoms with van der Waals surface area (Å²) in [7, 11) is 1.16. The summed E-state index contributed by atoms with van der Waals surface area (Å²) < 4.78 is 15.2. The summed E-state index contributed by atoms with van der Waals surface area (Å²) in [4.78, 5) is 23.4. The highest BCUT2D eigenvalue weighted by atomic mass is 35.5. The zero-order valence-electron chi connectivity index (χ0n) is 11.2. The first-order valence-electron chi connectivity index (χ1n) is 6.15. The molecule has 0 saturated carbocycles. The van der Waals surface area contributed by atoms with Crippen molar-refractivity contribution in [3.05, 3.63) is 22.7 Å². The lowest BCUT2D eigenvalue weighted by Crippen LogP contribution is -2.44. The molecule has 1 amide bonds. The number of aliphatic hydroxyl groups is 1. The molecule has 0 spiro atoms. The minimum absolute atomic E-state index is 0.187. The largest absolute Gasteiger partial charge is 0.486 e. The Morgan fingerprint density at radius 1 is 1.43 bits per heavy atom. The molecule has 1 aliphatic rings. The fourth-order valence-electron chi connectivity index (χ4n) is 1.80. The lowest BCUT2D eigenvalue weighted by atomic mass is 10.1. The number of rotatable bonds is 4. The van der Waals surface area contributed by atoms with Crippen LogP contribution in [0.5, 0.6) is 11.5 Å². The van der Waals surface area contributed by atoms with Crippen LogP contribution in [0.2, 0.25) is 5.02 Å². The van der Waals surface area contributed by atoms with E-state index in [1.165, 1.54) is 12.1 Å². The zero-order chi connectivity index (χ0) is 15.4. The average molecular weight is 316 g/mol. The molecule has 0 radical (unpaired) electrons. The van der Waals surface area contributed by atoms with Gasteiger partial charge in [0.25, 0.3) is 5.91 Å². The van der Waals surface area contributed by atoms with Gasteiger partial charge < -0.3 is 24.6 Å². The summed E-state index contributed by atoms with van der Waals surface area (Å²) in [5, 5.41) is 11.7. The topological polar surface area (TPSA) is 94.1 Å². The fourth-order valence-corrected chi connectivity index (χ4v) is 2.07. The van der Waals surface area contributed by atoms with Gasteiger partial charge in [-0.1, -0.05) is 11.6 Å². The van der Waals surface area contributed by atoms with Crippen molar-refractivity contribution in [3.63, 3.8) is 0 Å². The lowest BCUT2D eigenvalue weighted by Gasteiger charge is -2.20. The van der Waals surface area contributed by atoms with Gasteiger partial charge in [0.15, 0.2) is 17.5 Å². The van der Waals surface area contributed by atoms with Crippen molar-refractivity contribution in [2.75, 3.05) is 26.9 Å². The minimum atomic E-state index is -1.14. The third-order valence-corrected chi connectivity index (χ3v) is 3.11. The minimum Gasteiger partial charge on any atom is -0.486 e.